The Morgan fingerprint density at radius 3 is 2.40 bits per heavy atom. The van der Waals surface area contributed by atoms with E-state index in [0.29, 0.717) is 50.5 Å². The molecule has 0 saturated carbocycles. The Morgan fingerprint density at radius 2 is 1.70 bits per heavy atom. The molecule has 0 aromatic heterocycles. The van der Waals surface area contributed by atoms with Crippen molar-refractivity contribution in [2.75, 3.05) is 51.2 Å². The monoisotopic (exact) mass is 596 g/mol. The second-order valence-electron chi connectivity index (χ2n) is 9.83. The molecule has 0 spiro atoms. The number of hydrazine groups is 1. The number of nitrogens with zero attached hydrogens (tertiary/aromatic N) is 4. The van der Waals surface area contributed by atoms with Crippen LogP contribution in [-0.2, 0) is 29.2 Å². The number of nitrogens with one attached hydrogen (secondary N) is 2. The molecule has 2 aliphatic heterocycles. The molecule has 0 bridgehead atoms. The summed E-state index contributed by atoms with van der Waals surface area (Å²) >= 11 is 0. The molecule has 220 valence electrons. The third-order valence-corrected chi connectivity index (χ3v) is 7.22. The lowest BCUT2D eigenvalue weighted by Crippen LogP contribution is -2.48. The van der Waals surface area contributed by atoms with Crippen molar-refractivity contribution in [1.82, 2.24) is 25.6 Å². The lowest BCUT2D eigenvalue weighted by molar-refractivity contribution is -0.145. The molecule has 2 aliphatic rings. The zero-order valence-corrected chi connectivity index (χ0v) is 25.1. The maximum Gasteiger partial charge on any atom is 0.256 e. The quantitative estimate of drug-likeness (QED) is 0.388. The van der Waals surface area contributed by atoms with Gasteiger partial charge in [-0.15, -0.1) is 24.8 Å². The first-order valence-electron chi connectivity index (χ1n) is 13.2. The van der Waals surface area contributed by atoms with Crippen LogP contribution >= 0.6 is 24.8 Å². The minimum atomic E-state index is -0.297. The van der Waals surface area contributed by atoms with E-state index in [9.17, 15) is 18.8 Å². The average molecular weight is 598 g/mol. The Kier molecular flexibility index (Phi) is 12.2. The van der Waals surface area contributed by atoms with E-state index < -0.39 is 0 Å². The largest absolute Gasteiger partial charge is 0.353 e. The second-order valence-corrected chi connectivity index (χ2v) is 9.83. The van der Waals surface area contributed by atoms with Crippen LogP contribution < -0.4 is 15.5 Å². The van der Waals surface area contributed by atoms with Gasteiger partial charge in [0.05, 0.1) is 13.1 Å². The number of likely N-dealkylation sites (N-methyl/N-ethyl adjacent to an activating group) is 2. The van der Waals surface area contributed by atoms with Gasteiger partial charge in [0.25, 0.3) is 11.8 Å². The number of carbonyl (C=O) groups excluding carboxylic acids is 3. The van der Waals surface area contributed by atoms with E-state index >= 15 is 0 Å². The molecule has 2 aromatic carbocycles. The number of aryl methyl sites for hydroxylation is 1. The first-order chi connectivity index (χ1) is 18.2. The molecule has 0 saturated heterocycles. The summed E-state index contributed by atoms with van der Waals surface area (Å²) in [6, 6.07) is 8.47. The maximum absolute atomic E-state index is 13.7. The predicted octanol–water partition coefficient (Wildman–Crippen LogP) is 2.87. The molecule has 2 aromatic rings. The standard InChI is InChI=1S/C28H37FN6O3.2ClH/c1-5-30-9-10-31-26(36)17-34(25-13-24-22(11-19(25)3)14-33(6-2)28(24)38)18-27(37)32(4)35-15-20-7-8-23(29)12-21(20)16-35;;/h7-8,11-13,30H,5-6,9-10,14-18H2,1-4H3,(H,31,36);2*1H. The summed E-state index contributed by atoms with van der Waals surface area (Å²) in [6.07, 6.45) is 0. The fourth-order valence-electron chi connectivity index (χ4n) is 5.03. The normalized spacial score (nSPS) is 13.7. The summed E-state index contributed by atoms with van der Waals surface area (Å²) in [4.78, 5) is 42.7. The fraction of sp³-hybridized carbons (Fsp3) is 0.464. The molecular weight excluding hydrogens is 558 g/mol. The van der Waals surface area contributed by atoms with Crippen LogP contribution in [-0.4, -0.2) is 79.0 Å². The second kappa shape index (κ2) is 14.6. The molecular formula is C28H39Cl2FN6O3. The van der Waals surface area contributed by atoms with Crippen LogP contribution in [0.4, 0.5) is 10.1 Å². The van der Waals surface area contributed by atoms with Crippen LogP contribution in [0.3, 0.4) is 0 Å². The van der Waals surface area contributed by atoms with Gasteiger partial charge in [-0.3, -0.25) is 19.4 Å². The molecule has 12 heteroatoms. The van der Waals surface area contributed by atoms with E-state index in [2.05, 4.69) is 10.6 Å². The van der Waals surface area contributed by atoms with E-state index in [4.69, 9.17) is 0 Å². The van der Waals surface area contributed by atoms with Crippen LogP contribution in [0.1, 0.15) is 46.5 Å². The van der Waals surface area contributed by atoms with E-state index in [-0.39, 0.29) is 61.4 Å². The van der Waals surface area contributed by atoms with E-state index in [0.717, 1.165) is 28.8 Å². The van der Waals surface area contributed by atoms with Gasteiger partial charge in [-0.05, 0) is 60.8 Å². The molecule has 0 atom stereocenters. The van der Waals surface area contributed by atoms with Gasteiger partial charge >= 0.3 is 0 Å². The van der Waals surface area contributed by atoms with Crippen molar-refractivity contribution in [1.29, 1.82) is 0 Å². The minimum Gasteiger partial charge on any atom is -0.353 e. The number of halogens is 3. The van der Waals surface area contributed by atoms with Gasteiger partial charge in [0.2, 0.25) is 5.91 Å². The lowest BCUT2D eigenvalue weighted by atomic mass is 10.0. The first-order valence-corrected chi connectivity index (χ1v) is 13.2. The van der Waals surface area contributed by atoms with Gasteiger partial charge in [-0.1, -0.05) is 19.1 Å². The summed E-state index contributed by atoms with van der Waals surface area (Å²) in [7, 11) is 1.69. The van der Waals surface area contributed by atoms with Gasteiger partial charge in [0.15, 0.2) is 0 Å². The third-order valence-electron chi connectivity index (χ3n) is 7.22. The van der Waals surface area contributed by atoms with Gasteiger partial charge < -0.3 is 20.4 Å². The number of anilines is 1. The smallest absolute Gasteiger partial charge is 0.256 e. The molecule has 0 unspecified atom stereocenters. The van der Waals surface area contributed by atoms with Crippen molar-refractivity contribution in [3.05, 3.63) is 64.0 Å². The Labute approximate surface area is 247 Å². The number of rotatable bonds is 11. The summed E-state index contributed by atoms with van der Waals surface area (Å²) in [6.45, 7) is 9.86. The zero-order valence-electron chi connectivity index (χ0n) is 23.5. The highest BCUT2D eigenvalue weighted by molar-refractivity contribution is 6.00. The molecule has 0 fully saturated rings. The Bertz CT molecular complexity index is 1230. The number of carbonyl (C=O) groups is 3. The maximum atomic E-state index is 13.7. The molecule has 40 heavy (non-hydrogen) atoms. The number of benzene rings is 2. The Balaban J connectivity index is 0.00000280. The topological polar surface area (TPSA) is 88.2 Å². The van der Waals surface area contributed by atoms with Gasteiger partial charge in [0.1, 0.15) is 5.82 Å². The van der Waals surface area contributed by atoms with Crippen molar-refractivity contribution in [2.45, 2.75) is 40.4 Å². The van der Waals surface area contributed by atoms with Crippen LogP contribution in [0.25, 0.3) is 0 Å². The number of hydrogen-bond donors (Lipinski definition) is 2. The lowest BCUT2D eigenvalue weighted by Gasteiger charge is -2.32. The summed E-state index contributed by atoms with van der Waals surface area (Å²) < 4.78 is 13.7. The first kappa shape index (κ1) is 33.3. The fourth-order valence-corrected chi connectivity index (χ4v) is 5.03. The number of fused-ring (bicyclic) bond motifs is 2. The van der Waals surface area contributed by atoms with Crippen LogP contribution in [0, 0.1) is 12.7 Å². The van der Waals surface area contributed by atoms with Crippen molar-refractivity contribution in [3.63, 3.8) is 0 Å². The third kappa shape index (κ3) is 7.42. The Hall–Kier alpha value is -2.92. The molecule has 9 nitrogen and oxygen atoms in total. The van der Waals surface area contributed by atoms with Crippen molar-refractivity contribution in [3.8, 4) is 0 Å². The van der Waals surface area contributed by atoms with Crippen LogP contribution in [0.2, 0.25) is 0 Å². The number of hydrogen-bond acceptors (Lipinski definition) is 6. The van der Waals surface area contributed by atoms with E-state index in [1.165, 1.54) is 12.1 Å². The van der Waals surface area contributed by atoms with Gasteiger partial charge in [0, 0.05) is 57.6 Å². The highest BCUT2D eigenvalue weighted by Gasteiger charge is 2.30. The zero-order chi connectivity index (χ0) is 27.4. The molecule has 0 radical (unpaired) electrons. The van der Waals surface area contributed by atoms with Gasteiger partial charge in [-0.2, -0.15) is 0 Å². The summed E-state index contributed by atoms with van der Waals surface area (Å²) in [5.41, 5.74) is 4.99. The van der Waals surface area contributed by atoms with E-state index in [1.54, 1.807) is 27.9 Å². The van der Waals surface area contributed by atoms with Gasteiger partial charge in [-0.25, -0.2) is 9.40 Å². The van der Waals surface area contributed by atoms with Crippen molar-refractivity contribution in [2.24, 2.45) is 0 Å². The molecule has 3 amide bonds. The SMILES string of the molecule is CCNCCNC(=O)CN(CC(=O)N(C)N1Cc2ccc(F)cc2C1)c1cc2c(cc1C)CN(CC)C2=O.Cl.Cl. The number of amides is 3. The van der Waals surface area contributed by atoms with Crippen LogP contribution in [0.5, 0.6) is 0 Å². The summed E-state index contributed by atoms with van der Waals surface area (Å²) in [5.74, 6) is -0.748. The van der Waals surface area contributed by atoms with E-state index in [1.807, 2.05) is 37.9 Å². The molecule has 2 heterocycles. The molecule has 4 rings (SSSR count). The molecule has 2 N–H and O–H groups in total. The highest BCUT2D eigenvalue weighted by atomic mass is 35.5. The minimum absolute atomic E-state index is 0. The Morgan fingerprint density at radius 1 is 0.975 bits per heavy atom. The predicted molar refractivity (Wildman–Crippen MR) is 158 cm³/mol. The van der Waals surface area contributed by atoms with Crippen molar-refractivity contribution >= 4 is 48.2 Å². The van der Waals surface area contributed by atoms with Crippen molar-refractivity contribution < 1.29 is 18.8 Å². The highest BCUT2D eigenvalue weighted by Crippen LogP contribution is 2.31. The molecule has 0 aliphatic carbocycles. The average Bonchev–Trinajstić information content (AvgIpc) is 3.45. The van der Waals surface area contributed by atoms with Crippen LogP contribution in [0.15, 0.2) is 30.3 Å². The summed E-state index contributed by atoms with van der Waals surface area (Å²) in [5, 5.41) is 9.47.